The average Bonchev–Trinajstić information content (AvgIpc) is 3.02. The number of nitrogens with one attached hydrogen (secondary N) is 3. The van der Waals surface area contributed by atoms with Crippen LogP contribution >= 0.6 is 24.0 Å². The molecule has 1 aliphatic rings. The molecule has 0 bridgehead atoms. The molecule has 5 nitrogen and oxygen atoms in total. The van der Waals surface area contributed by atoms with E-state index in [2.05, 4.69) is 38.1 Å². The van der Waals surface area contributed by atoms with Gasteiger partial charge in [0.15, 0.2) is 5.96 Å². The minimum absolute atomic E-state index is 0. The molecule has 0 aromatic carbocycles. The standard InChI is InChI=1S/C15H20F3N5.HI/c1-19-14(23-11-5-2-3-6-11)22-10-9-21-13-12(15(16,17)18)7-4-8-20-13;/h2-4,7-8,11H,5-6,9-10H2,1H3,(H,20,21)(H2,19,22,23);1H. The van der Waals surface area contributed by atoms with Gasteiger partial charge >= 0.3 is 6.18 Å². The summed E-state index contributed by atoms with van der Waals surface area (Å²) in [5.41, 5.74) is -0.764. The average molecular weight is 455 g/mol. The van der Waals surface area contributed by atoms with Crippen LogP contribution in [0.1, 0.15) is 18.4 Å². The second kappa shape index (κ2) is 9.70. The molecule has 3 N–H and O–H groups in total. The Balaban J connectivity index is 0.00000288. The normalized spacial score (nSPS) is 15.1. The number of halogens is 4. The third-order valence-corrected chi connectivity index (χ3v) is 3.40. The molecule has 0 unspecified atom stereocenters. The van der Waals surface area contributed by atoms with Crippen molar-refractivity contribution in [2.45, 2.75) is 25.1 Å². The van der Waals surface area contributed by atoms with Gasteiger partial charge in [-0.1, -0.05) is 12.2 Å². The molecule has 0 amide bonds. The summed E-state index contributed by atoms with van der Waals surface area (Å²) in [6.07, 6.45) is 3.01. The third-order valence-electron chi connectivity index (χ3n) is 3.40. The van der Waals surface area contributed by atoms with Crippen molar-refractivity contribution in [1.82, 2.24) is 15.6 Å². The van der Waals surface area contributed by atoms with Gasteiger partial charge in [-0.05, 0) is 25.0 Å². The fraction of sp³-hybridized carbons (Fsp3) is 0.467. The second-order valence-electron chi connectivity index (χ2n) is 5.11. The minimum Gasteiger partial charge on any atom is -0.368 e. The first-order valence-corrected chi connectivity index (χ1v) is 7.39. The second-order valence-corrected chi connectivity index (χ2v) is 5.11. The smallest absolute Gasteiger partial charge is 0.368 e. The zero-order chi connectivity index (χ0) is 16.7. The molecule has 1 aromatic rings. The summed E-state index contributed by atoms with van der Waals surface area (Å²) in [4.78, 5) is 7.85. The van der Waals surface area contributed by atoms with Crippen molar-refractivity contribution in [2.24, 2.45) is 4.99 Å². The Hall–Kier alpha value is -1.52. The van der Waals surface area contributed by atoms with Crippen LogP contribution in [-0.2, 0) is 6.18 Å². The fourth-order valence-electron chi connectivity index (χ4n) is 2.26. The Morgan fingerprint density at radius 2 is 2.00 bits per heavy atom. The Morgan fingerprint density at radius 1 is 1.29 bits per heavy atom. The molecule has 0 aliphatic heterocycles. The Kier molecular flexibility index (Phi) is 8.29. The first kappa shape index (κ1) is 20.5. The van der Waals surface area contributed by atoms with Crippen molar-refractivity contribution in [3.63, 3.8) is 0 Å². The first-order valence-electron chi connectivity index (χ1n) is 7.39. The molecule has 0 saturated heterocycles. The number of guanidine groups is 1. The van der Waals surface area contributed by atoms with Gasteiger partial charge in [0.05, 0.1) is 5.56 Å². The summed E-state index contributed by atoms with van der Waals surface area (Å²) in [5.74, 6) is 0.474. The highest BCUT2D eigenvalue weighted by Gasteiger charge is 2.33. The number of hydrogen-bond acceptors (Lipinski definition) is 3. The van der Waals surface area contributed by atoms with E-state index in [1.54, 1.807) is 7.05 Å². The maximum atomic E-state index is 12.8. The third kappa shape index (κ3) is 6.17. The van der Waals surface area contributed by atoms with E-state index in [1.165, 1.54) is 12.3 Å². The lowest BCUT2D eigenvalue weighted by Gasteiger charge is -2.17. The zero-order valence-electron chi connectivity index (χ0n) is 13.2. The number of nitrogens with zero attached hydrogens (tertiary/aromatic N) is 2. The summed E-state index contributed by atoms with van der Waals surface area (Å²) >= 11 is 0. The summed E-state index contributed by atoms with van der Waals surface area (Å²) < 4.78 is 38.5. The molecule has 24 heavy (non-hydrogen) atoms. The molecule has 134 valence electrons. The van der Waals surface area contributed by atoms with E-state index >= 15 is 0 Å². The van der Waals surface area contributed by atoms with Crippen molar-refractivity contribution in [3.8, 4) is 0 Å². The molecule has 0 fully saturated rings. The van der Waals surface area contributed by atoms with E-state index in [4.69, 9.17) is 0 Å². The zero-order valence-corrected chi connectivity index (χ0v) is 15.6. The molecular formula is C15H21F3IN5. The van der Waals surface area contributed by atoms with Crippen LogP contribution in [0.3, 0.4) is 0 Å². The maximum Gasteiger partial charge on any atom is 0.419 e. The maximum absolute atomic E-state index is 12.8. The van der Waals surface area contributed by atoms with Gasteiger partial charge in [-0.25, -0.2) is 4.98 Å². The Labute approximate surface area is 156 Å². The van der Waals surface area contributed by atoms with Crippen LogP contribution in [0, 0.1) is 0 Å². The number of aliphatic imine (C=N–C) groups is 1. The van der Waals surface area contributed by atoms with E-state index in [-0.39, 0.29) is 29.8 Å². The fourth-order valence-corrected chi connectivity index (χ4v) is 2.26. The number of pyridine rings is 1. The number of alkyl halides is 3. The number of rotatable bonds is 5. The van der Waals surface area contributed by atoms with Gasteiger partial charge in [-0.3, -0.25) is 4.99 Å². The largest absolute Gasteiger partial charge is 0.419 e. The number of hydrogen-bond donors (Lipinski definition) is 3. The lowest BCUT2D eigenvalue weighted by molar-refractivity contribution is -0.137. The molecule has 1 aromatic heterocycles. The molecule has 0 atom stereocenters. The summed E-state index contributed by atoms with van der Waals surface area (Å²) in [6.45, 7) is 0.720. The predicted molar refractivity (Wildman–Crippen MR) is 99.8 cm³/mol. The highest BCUT2D eigenvalue weighted by atomic mass is 127. The van der Waals surface area contributed by atoms with E-state index in [1.807, 2.05) is 0 Å². The highest BCUT2D eigenvalue weighted by Crippen LogP contribution is 2.33. The van der Waals surface area contributed by atoms with Crippen LogP contribution in [0.25, 0.3) is 0 Å². The molecule has 9 heteroatoms. The molecule has 2 rings (SSSR count). The van der Waals surface area contributed by atoms with Crippen molar-refractivity contribution >= 4 is 35.8 Å². The van der Waals surface area contributed by atoms with Gasteiger partial charge in [0.2, 0.25) is 0 Å². The Morgan fingerprint density at radius 3 is 2.62 bits per heavy atom. The van der Waals surface area contributed by atoms with Crippen LogP contribution in [0.5, 0.6) is 0 Å². The van der Waals surface area contributed by atoms with E-state index in [0.717, 1.165) is 18.9 Å². The topological polar surface area (TPSA) is 61.3 Å². The predicted octanol–water partition coefficient (Wildman–Crippen LogP) is 3.01. The lowest BCUT2D eigenvalue weighted by Crippen LogP contribution is -2.43. The van der Waals surface area contributed by atoms with Gasteiger partial charge < -0.3 is 16.0 Å². The van der Waals surface area contributed by atoms with E-state index in [9.17, 15) is 13.2 Å². The van der Waals surface area contributed by atoms with Crippen LogP contribution in [0.15, 0.2) is 35.5 Å². The minimum atomic E-state index is -4.42. The number of anilines is 1. The van der Waals surface area contributed by atoms with Crippen LogP contribution in [-0.4, -0.2) is 37.1 Å². The lowest BCUT2D eigenvalue weighted by atomic mass is 10.2. The van der Waals surface area contributed by atoms with Gasteiger partial charge in [0, 0.05) is 32.4 Å². The van der Waals surface area contributed by atoms with Crippen LogP contribution in [0.4, 0.5) is 19.0 Å². The molecular weight excluding hydrogens is 434 g/mol. The Bertz CT molecular complexity index is 566. The molecule has 0 spiro atoms. The van der Waals surface area contributed by atoms with Crippen molar-refractivity contribution in [3.05, 3.63) is 36.0 Å². The van der Waals surface area contributed by atoms with Crippen molar-refractivity contribution in [1.29, 1.82) is 0 Å². The summed E-state index contributed by atoms with van der Waals surface area (Å²) in [6, 6.07) is 2.60. The quantitative estimate of drug-likeness (QED) is 0.210. The van der Waals surface area contributed by atoms with Gasteiger partial charge in [0.25, 0.3) is 0 Å². The van der Waals surface area contributed by atoms with E-state index < -0.39 is 11.7 Å². The summed E-state index contributed by atoms with van der Waals surface area (Å²) in [5, 5.41) is 9.02. The molecule has 1 heterocycles. The van der Waals surface area contributed by atoms with Crippen LogP contribution in [0.2, 0.25) is 0 Å². The van der Waals surface area contributed by atoms with Crippen LogP contribution < -0.4 is 16.0 Å². The van der Waals surface area contributed by atoms with Gasteiger partial charge in [-0.15, -0.1) is 24.0 Å². The van der Waals surface area contributed by atoms with Gasteiger partial charge in [-0.2, -0.15) is 13.2 Å². The number of aromatic nitrogens is 1. The molecule has 0 saturated carbocycles. The van der Waals surface area contributed by atoms with Crippen molar-refractivity contribution in [2.75, 3.05) is 25.5 Å². The SMILES string of the molecule is CN=C(NCCNc1ncccc1C(F)(F)F)NC1CC=CC1.I. The van der Waals surface area contributed by atoms with Crippen molar-refractivity contribution < 1.29 is 13.2 Å². The summed E-state index contributed by atoms with van der Waals surface area (Å²) in [7, 11) is 1.66. The molecule has 1 aliphatic carbocycles. The monoisotopic (exact) mass is 455 g/mol. The highest BCUT2D eigenvalue weighted by molar-refractivity contribution is 14.0. The first-order chi connectivity index (χ1) is 11.0. The molecule has 0 radical (unpaired) electrons. The van der Waals surface area contributed by atoms with Gasteiger partial charge in [0.1, 0.15) is 5.82 Å². The van der Waals surface area contributed by atoms with E-state index in [0.29, 0.717) is 25.1 Å².